The molecule has 4 aliphatic heterocycles. The number of amides is 5. The Kier molecular flexibility index (Phi) is 9.11. The van der Waals surface area contributed by atoms with Crippen molar-refractivity contribution >= 4 is 35.2 Å². The zero-order valence-corrected chi connectivity index (χ0v) is 23.1. The highest BCUT2D eigenvalue weighted by Crippen LogP contribution is 2.32. The maximum atomic E-state index is 13.1. The minimum Gasteiger partial charge on any atom is -0.371 e. The van der Waals surface area contributed by atoms with E-state index in [1.165, 1.54) is 19.4 Å². The average molecular weight is 553 g/mol. The Morgan fingerprint density at radius 1 is 0.875 bits per heavy atom. The molecule has 3 saturated heterocycles. The van der Waals surface area contributed by atoms with Gasteiger partial charge in [-0.3, -0.25) is 34.2 Å². The summed E-state index contributed by atoms with van der Waals surface area (Å²) in [5, 5.41) is 8.71. The van der Waals surface area contributed by atoms with E-state index in [0.29, 0.717) is 13.1 Å². The van der Waals surface area contributed by atoms with Crippen LogP contribution in [0.5, 0.6) is 0 Å². The van der Waals surface area contributed by atoms with Crippen molar-refractivity contribution < 1.29 is 24.0 Å². The summed E-state index contributed by atoms with van der Waals surface area (Å²) < 4.78 is 0. The van der Waals surface area contributed by atoms with Crippen LogP contribution in [0, 0.1) is 5.92 Å². The lowest BCUT2D eigenvalue weighted by Crippen LogP contribution is -2.54. The second-order valence-corrected chi connectivity index (χ2v) is 11.2. The van der Waals surface area contributed by atoms with Crippen molar-refractivity contribution in [1.29, 1.82) is 0 Å². The summed E-state index contributed by atoms with van der Waals surface area (Å²) in [7, 11) is 0. The van der Waals surface area contributed by atoms with Gasteiger partial charge < -0.3 is 20.4 Å². The van der Waals surface area contributed by atoms with Crippen molar-refractivity contribution in [3.05, 3.63) is 29.3 Å². The molecule has 1 aromatic rings. The topological polar surface area (TPSA) is 131 Å². The summed E-state index contributed by atoms with van der Waals surface area (Å²) in [5.41, 5.74) is 1.38. The molecule has 11 nitrogen and oxygen atoms in total. The second-order valence-electron chi connectivity index (χ2n) is 11.2. The molecule has 4 aliphatic rings. The van der Waals surface area contributed by atoms with Crippen LogP contribution in [-0.4, -0.2) is 97.7 Å². The van der Waals surface area contributed by atoms with E-state index in [1.54, 1.807) is 12.1 Å². The van der Waals surface area contributed by atoms with Gasteiger partial charge in [0.15, 0.2) is 0 Å². The third-order valence-electron chi connectivity index (χ3n) is 8.56. The van der Waals surface area contributed by atoms with Crippen molar-refractivity contribution in [3.63, 3.8) is 0 Å². The van der Waals surface area contributed by atoms with Gasteiger partial charge in [0.2, 0.25) is 17.7 Å². The number of rotatable bonds is 10. The van der Waals surface area contributed by atoms with Gasteiger partial charge in [0.1, 0.15) is 6.04 Å². The van der Waals surface area contributed by atoms with Crippen molar-refractivity contribution in [3.8, 4) is 0 Å². The summed E-state index contributed by atoms with van der Waals surface area (Å²) in [4.78, 5) is 68.2. The molecule has 0 radical (unpaired) electrons. The number of piperazine rings is 1. The van der Waals surface area contributed by atoms with Crippen molar-refractivity contribution in [2.75, 3.05) is 57.3 Å². The highest BCUT2D eigenvalue weighted by atomic mass is 16.2. The number of piperidine rings is 2. The summed E-state index contributed by atoms with van der Waals surface area (Å²) in [6, 6.07) is 4.20. The number of carbonyl (C=O) groups excluding carboxylic acids is 5. The number of carbonyl (C=O) groups is 5. The van der Waals surface area contributed by atoms with Crippen LogP contribution >= 0.6 is 0 Å². The van der Waals surface area contributed by atoms with E-state index in [9.17, 15) is 24.0 Å². The van der Waals surface area contributed by atoms with Crippen LogP contribution in [0.4, 0.5) is 5.69 Å². The lowest BCUT2D eigenvalue weighted by Gasteiger charge is -2.33. The number of anilines is 1. The van der Waals surface area contributed by atoms with Crippen LogP contribution in [0.15, 0.2) is 18.2 Å². The Morgan fingerprint density at radius 2 is 1.60 bits per heavy atom. The van der Waals surface area contributed by atoms with Crippen LogP contribution in [-0.2, 0) is 14.4 Å². The summed E-state index contributed by atoms with van der Waals surface area (Å²) in [6.07, 6.45) is 6.22. The van der Waals surface area contributed by atoms with Gasteiger partial charge in [-0.1, -0.05) is 12.8 Å². The van der Waals surface area contributed by atoms with Gasteiger partial charge in [-0.2, -0.15) is 0 Å². The average Bonchev–Trinajstić information content (AvgIpc) is 3.22. The number of nitrogens with one attached hydrogen (secondary N) is 3. The van der Waals surface area contributed by atoms with Gasteiger partial charge >= 0.3 is 0 Å². The first-order valence-corrected chi connectivity index (χ1v) is 14.7. The van der Waals surface area contributed by atoms with Gasteiger partial charge in [-0.15, -0.1) is 0 Å². The summed E-state index contributed by atoms with van der Waals surface area (Å²) in [6.45, 7) is 7.71. The predicted molar refractivity (Wildman–Crippen MR) is 149 cm³/mol. The number of unbranched alkanes of at least 4 members (excludes halogenated alkanes) is 3. The van der Waals surface area contributed by atoms with Gasteiger partial charge in [0, 0.05) is 63.8 Å². The van der Waals surface area contributed by atoms with Gasteiger partial charge in [-0.25, -0.2) is 0 Å². The number of imide groups is 2. The summed E-state index contributed by atoms with van der Waals surface area (Å²) >= 11 is 0. The Balaban J connectivity index is 1.04. The highest BCUT2D eigenvalue weighted by molar-refractivity contribution is 6.23. The molecular formula is C29H40N6O5. The largest absolute Gasteiger partial charge is 0.371 e. The lowest BCUT2D eigenvalue weighted by molar-refractivity contribution is -0.136. The minimum absolute atomic E-state index is 0.0235. The van der Waals surface area contributed by atoms with Gasteiger partial charge in [-0.05, 0) is 56.8 Å². The van der Waals surface area contributed by atoms with E-state index in [4.69, 9.17) is 0 Å². The fourth-order valence-corrected chi connectivity index (χ4v) is 6.16. The maximum absolute atomic E-state index is 13.1. The van der Waals surface area contributed by atoms with Gasteiger partial charge in [0.25, 0.3) is 11.8 Å². The number of hydrogen-bond acceptors (Lipinski definition) is 8. The first-order valence-electron chi connectivity index (χ1n) is 14.7. The van der Waals surface area contributed by atoms with Crippen molar-refractivity contribution in [2.24, 2.45) is 5.92 Å². The molecule has 3 fully saturated rings. The number of hydrogen-bond donors (Lipinski definition) is 3. The van der Waals surface area contributed by atoms with Crippen LogP contribution in [0.2, 0.25) is 0 Å². The quantitative estimate of drug-likeness (QED) is 0.288. The monoisotopic (exact) mass is 552 g/mol. The molecular weight excluding hydrogens is 512 g/mol. The third-order valence-corrected chi connectivity index (χ3v) is 8.56. The molecule has 1 aromatic carbocycles. The molecule has 3 N–H and O–H groups in total. The first kappa shape index (κ1) is 28.2. The highest BCUT2D eigenvalue weighted by Gasteiger charge is 2.44. The van der Waals surface area contributed by atoms with E-state index in [1.807, 2.05) is 6.07 Å². The van der Waals surface area contributed by atoms with Crippen LogP contribution in [0.1, 0.15) is 72.1 Å². The van der Waals surface area contributed by atoms with E-state index in [-0.39, 0.29) is 35.8 Å². The Hall–Kier alpha value is -3.31. The van der Waals surface area contributed by atoms with Crippen LogP contribution < -0.4 is 20.9 Å². The summed E-state index contributed by atoms with van der Waals surface area (Å²) in [5.74, 6) is -1.92. The smallest absolute Gasteiger partial charge is 0.262 e. The molecule has 0 spiro atoms. The lowest BCUT2D eigenvalue weighted by atomic mass is 9.95. The molecule has 5 amide bonds. The van der Waals surface area contributed by atoms with Crippen molar-refractivity contribution in [2.45, 2.75) is 57.4 Å². The molecule has 0 bridgehead atoms. The third kappa shape index (κ3) is 6.36. The van der Waals surface area contributed by atoms with E-state index in [2.05, 4.69) is 25.8 Å². The maximum Gasteiger partial charge on any atom is 0.262 e. The van der Waals surface area contributed by atoms with E-state index in [0.717, 1.165) is 69.0 Å². The van der Waals surface area contributed by atoms with Crippen molar-refractivity contribution in [1.82, 2.24) is 25.8 Å². The fraction of sp³-hybridized carbons (Fsp3) is 0.621. The molecule has 4 heterocycles. The van der Waals surface area contributed by atoms with Crippen LogP contribution in [0.3, 0.4) is 0 Å². The Morgan fingerprint density at radius 3 is 2.35 bits per heavy atom. The Labute approximate surface area is 235 Å². The molecule has 0 aliphatic carbocycles. The normalized spacial score (nSPS) is 22.4. The SMILES string of the molecule is O=C1CCC(N2C(=O)c3ccc(N4CCC(C(=O)NCCCCCCN5CCNCC5)CC4)cc3C2=O)C(=O)N1. The zero-order valence-electron chi connectivity index (χ0n) is 23.1. The molecule has 216 valence electrons. The molecule has 40 heavy (non-hydrogen) atoms. The number of benzene rings is 1. The molecule has 11 heteroatoms. The first-order chi connectivity index (χ1) is 19.4. The predicted octanol–water partition coefficient (Wildman–Crippen LogP) is 0.886. The second kappa shape index (κ2) is 12.9. The minimum atomic E-state index is -0.972. The van der Waals surface area contributed by atoms with E-state index < -0.39 is 29.7 Å². The standard InChI is InChI=1S/C29H40N6O5/c36-25-8-7-24(27(38)32-25)35-28(39)22-6-5-21(19-23(22)29(35)40)34-15-9-20(10-16-34)26(37)31-11-3-1-2-4-14-33-17-12-30-13-18-33/h5-6,19-20,24,30H,1-4,7-18H2,(H,31,37)(H,32,36,38). The number of nitrogens with zero attached hydrogens (tertiary/aromatic N) is 3. The number of fused-ring (bicyclic) bond motifs is 1. The Bertz CT molecular complexity index is 1140. The molecule has 0 saturated carbocycles. The molecule has 1 unspecified atom stereocenters. The fourth-order valence-electron chi connectivity index (χ4n) is 6.16. The molecule has 1 atom stereocenters. The van der Waals surface area contributed by atoms with Crippen LogP contribution in [0.25, 0.3) is 0 Å². The molecule has 5 rings (SSSR count). The molecule has 0 aromatic heterocycles. The van der Waals surface area contributed by atoms with E-state index >= 15 is 0 Å². The van der Waals surface area contributed by atoms with Gasteiger partial charge in [0.05, 0.1) is 11.1 Å². The zero-order chi connectivity index (χ0) is 28.1.